The van der Waals surface area contributed by atoms with Gasteiger partial charge in [0.2, 0.25) is 5.89 Å². The molecule has 11 heteroatoms. The molecule has 2 aromatic carbocycles. The number of benzene rings is 2. The fourth-order valence-electron chi connectivity index (χ4n) is 3.66. The van der Waals surface area contributed by atoms with Crippen LogP contribution in [-0.2, 0) is 7.05 Å². The molecule has 0 fully saturated rings. The first kappa shape index (κ1) is 22.2. The largest absolute Gasteiger partial charge is 0.436 e. The summed E-state index contributed by atoms with van der Waals surface area (Å²) in [6, 6.07) is 18.2. The number of oxazole rings is 1. The van der Waals surface area contributed by atoms with Crippen molar-refractivity contribution in [2.75, 3.05) is 18.8 Å². The zero-order valence-corrected chi connectivity index (χ0v) is 18.9. The number of amides is 1. The Hall–Kier alpha value is -4.64. The van der Waals surface area contributed by atoms with Gasteiger partial charge in [-0.3, -0.25) is 9.78 Å². The van der Waals surface area contributed by atoms with Gasteiger partial charge in [0.05, 0.1) is 13.1 Å². The lowest BCUT2D eigenvalue weighted by Crippen LogP contribution is -2.34. The van der Waals surface area contributed by atoms with Crippen LogP contribution in [0.4, 0.5) is 5.69 Å². The number of fused-ring (bicyclic) bond motifs is 1. The monoisotopic (exact) mass is 469 g/mol. The van der Waals surface area contributed by atoms with Crippen molar-refractivity contribution in [3.8, 4) is 11.5 Å². The highest BCUT2D eigenvalue weighted by molar-refractivity contribution is 5.93. The van der Waals surface area contributed by atoms with Gasteiger partial charge in [0.25, 0.3) is 5.91 Å². The first-order valence-electron chi connectivity index (χ1n) is 11.0. The Morgan fingerprint density at radius 1 is 1.11 bits per heavy atom. The normalized spacial score (nSPS) is 12.0. The van der Waals surface area contributed by atoms with Crippen molar-refractivity contribution in [2.24, 2.45) is 7.05 Å². The number of hydrogen-bond donors (Lipinski definition) is 3. The van der Waals surface area contributed by atoms with E-state index < -0.39 is 0 Å². The minimum atomic E-state index is -0.303. The maximum atomic E-state index is 12.7. The fraction of sp³-hybridized carbons (Fsp3) is 0.167. The number of nitrogens with two attached hydrogens (primary N) is 1. The van der Waals surface area contributed by atoms with E-state index in [0.29, 0.717) is 47.2 Å². The van der Waals surface area contributed by atoms with E-state index in [-0.39, 0.29) is 17.6 Å². The van der Waals surface area contributed by atoms with Gasteiger partial charge >= 0.3 is 0 Å². The van der Waals surface area contributed by atoms with Gasteiger partial charge < -0.3 is 20.8 Å². The summed E-state index contributed by atoms with van der Waals surface area (Å²) in [4.78, 5) is 22.8. The highest BCUT2D eigenvalue weighted by Gasteiger charge is 2.19. The van der Waals surface area contributed by atoms with Gasteiger partial charge in [0.15, 0.2) is 11.4 Å². The van der Waals surface area contributed by atoms with Crippen LogP contribution < -0.4 is 16.4 Å². The van der Waals surface area contributed by atoms with Gasteiger partial charge in [0, 0.05) is 30.5 Å². The summed E-state index contributed by atoms with van der Waals surface area (Å²) in [6.07, 6.45) is 1.55. The van der Waals surface area contributed by atoms with Crippen LogP contribution in [0.2, 0.25) is 0 Å². The van der Waals surface area contributed by atoms with Crippen LogP contribution in [0.25, 0.3) is 22.6 Å². The maximum absolute atomic E-state index is 12.7. The third-order valence-electron chi connectivity index (χ3n) is 5.33. The van der Waals surface area contributed by atoms with Crippen molar-refractivity contribution in [3.63, 3.8) is 0 Å². The molecule has 4 N–H and O–H groups in total. The lowest BCUT2D eigenvalue weighted by atomic mass is 10.1. The third kappa shape index (κ3) is 4.99. The zero-order valence-electron chi connectivity index (χ0n) is 18.9. The first-order valence-corrected chi connectivity index (χ1v) is 11.0. The molecule has 11 nitrogen and oxygen atoms in total. The Morgan fingerprint density at radius 3 is 2.77 bits per heavy atom. The number of pyridine rings is 1. The molecule has 0 aliphatic heterocycles. The predicted molar refractivity (Wildman–Crippen MR) is 129 cm³/mol. The van der Waals surface area contributed by atoms with Crippen LogP contribution >= 0.6 is 0 Å². The number of carbonyl (C=O) groups is 1. The lowest BCUT2D eigenvalue weighted by molar-refractivity contribution is 0.0949. The highest BCUT2D eigenvalue weighted by atomic mass is 16.3. The van der Waals surface area contributed by atoms with Crippen LogP contribution in [0, 0.1) is 0 Å². The molecule has 176 valence electrons. The van der Waals surface area contributed by atoms with E-state index >= 15 is 0 Å². The molecule has 0 aliphatic carbocycles. The molecule has 0 saturated carbocycles. The predicted octanol–water partition coefficient (Wildman–Crippen LogP) is 2.10. The summed E-state index contributed by atoms with van der Waals surface area (Å²) in [7, 11) is 1.72. The number of nitrogens with one attached hydrogen (secondary N) is 2. The van der Waals surface area contributed by atoms with Crippen molar-refractivity contribution in [1.29, 1.82) is 0 Å². The molecule has 1 atom stereocenters. The summed E-state index contributed by atoms with van der Waals surface area (Å²) in [5, 5.41) is 18.6. The highest BCUT2D eigenvalue weighted by Crippen LogP contribution is 2.25. The molecule has 5 aromatic rings. The molecule has 1 amide bonds. The summed E-state index contributed by atoms with van der Waals surface area (Å²) < 4.78 is 5.80. The number of hydrogen-bond acceptors (Lipinski definition) is 9. The zero-order chi connectivity index (χ0) is 24.2. The second-order valence-electron chi connectivity index (χ2n) is 7.87. The second-order valence-corrected chi connectivity index (χ2v) is 7.87. The number of carbonyl (C=O) groups excluding carboxylic acids is 1. The molecule has 35 heavy (non-hydrogen) atoms. The van der Waals surface area contributed by atoms with Crippen molar-refractivity contribution < 1.29 is 9.21 Å². The summed E-state index contributed by atoms with van der Waals surface area (Å²) in [5.74, 6) is 0.647. The van der Waals surface area contributed by atoms with E-state index in [9.17, 15) is 4.79 Å². The molecule has 0 spiro atoms. The van der Waals surface area contributed by atoms with E-state index in [1.807, 2.05) is 30.3 Å². The number of rotatable bonds is 8. The van der Waals surface area contributed by atoms with E-state index in [1.54, 1.807) is 43.6 Å². The number of anilines is 1. The Balaban J connectivity index is 1.23. The molecule has 0 aliphatic rings. The van der Waals surface area contributed by atoms with Crippen LogP contribution in [-0.4, -0.2) is 49.2 Å². The summed E-state index contributed by atoms with van der Waals surface area (Å²) in [6.45, 7) is 0.853. The van der Waals surface area contributed by atoms with Crippen molar-refractivity contribution >= 4 is 22.7 Å². The van der Waals surface area contributed by atoms with Crippen molar-refractivity contribution in [2.45, 2.75) is 6.04 Å². The van der Waals surface area contributed by atoms with Crippen molar-refractivity contribution in [1.82, 2.24) is 40.8 Å². The maximum Gasteiger partial charge on any atom is 0.269 e. The molecule has 0 saturated heterocycles. The Bertz CT molecular complexity index is 1460. The molecule has 0 bridgehead atoms. The number of aryl methyl sites for hydroxylation is 1. The average molecular weight is 470 g/mol. The van der Waals surface area contributed by atoms with Gasteiger partial charge in [-0.15, -0.1) is 10.2 Å². The van der Waals surface area contributed by atoms with E-state index in [4.69, 9.17) is 10.2 Å². The number of nitrogen functional groups attached to an aromatic ring is 1. The number of nitrogens with zero attached hydrogens (tertiary/aromatic N) is 6. The van der Waals surface area contributed by atoms with Gasteiger partial charge in [-0.05, 0) is 41.1 Å². The topological polar surface area (TPSA) is 150 Å². The van der Waals surface area contributed by atoms with Crippen LogP contribution in [0.3, 0.4) is 0 Å². The minimum absolute atomic E-state index is 0.253. The van der Waals surface area contributed by atoms with E-state index in [0.717, 1.165) is 5.56 Å². The summed E-state index contributed by atoms with van der Waals surface area (Å²) >= 11 is 0. The molecular weight excluding hydrogens is 446 g/mol. The van der Waals surface area contributed by atoms with Gasteiger partial charge in [-0.1, -0.05) is 30.3 Å². The first-order chi connectivity index (χ1) is 17.1. The molecular formula is C24H23N9O2. The summed E-state index contributed by atoms with van der Waals surface area (Å²) in [5.41, 5.74) is 9.61. The van der Waals surface area contributed by atoms with Crippen molar-refractivity contribution in [3.05, 3.63) is 83.9 Å². The SMILES string of the molecule is Cn1nnc(C(NCCNC(=O)c2cc(-c3nc4cc(N)ccc4o3)ccn2)c2ccccc2)n1. The quantitative estimate of drug-likeness (QED) is 0.229. The van der Waals surface area contributed by atoms with Gasteiger partial charge in [-0.25, -0.2) is 4.98 Å². The number of aromatic nitrogens is 6. The smallest absolute Gasteiger partial charge is 0.269 e. The van der Waals surface area contributed by atoms with Gasteiger partial charge in [-0.2, -0.15) is 4.80 Å². The standard InChI is InChI=1S/C24H23N9O2/c1-33-31-22(30-32-33)21(15-5-3-2-4-6-15)27-11-12-28-23(34)19-13-16(9-10-26-19)24-29-18-14-17(25)7-8-20(18)35-24/h2-10,13-14,21,27H,11-12,25H2,1H3,(H,28,34). The molecule has 1 unspecified atom stereocenters. The molecule has 5 rings (SSSR count). The lowest BCUT2D eigenvalue weighted by Gasteiger charge is -2.16. The van der Waals surface area contributed by atoms with Crippen LogP contribution in [0.1, 0.15) is 27.9 Å². The second kappa shape index (κ2) is 9.69. The minimum Gasteiger partial charge on any atom is -0.436 e. The molecule has 3 heterocycles. The third-order valence-corrected chi connectivity index (χ3v) is 5.33. The fourth-order valence-corrected chi connectivity index (χ4v) is 3.66. The molecule has 0 radical (unpaired) electrons. The van der Waals surface area contributed by atoms with E-state index in [2.05, 4.69) is 36.0 Å². The number of tetrazole rings is 1. The Morgan fingerprint density at radius 2 is 1.97 bits per heavy atom. The van der Waals surface area contributed by atoms with Gasteiger partial charge in [0.1, 0.15) is 11.2 Å². The van der Waals surface area contributed by atoms with Crippen LogP contribution in [0.5, 0.6) is 0 Å². The Labute approximate surface area is 200 Å². The van der Waals surface area contributed by atoms with Crippen LogP contribution in [0.15, 0.2) is 71.3 Å². The Kier molecular flexibility index (Phi) is 6.14. The molecule has 3 aromatic heterocycles. The van der Waals surface area contributed by atoms with E-state index in [1.165, 1.54) is 4.80 Å². The average Bonchev–Trinajstić information content (AvgIpc) is 3.50.